The van der Waals surface area contributed by atoms with E-state index in [4.69, 9.17) is 4.74 Å². The van der Waals surface area contributed by atoms with Gasteiger partial charge in [0, 0.05) is 7.11 Å². The van der Waals surface area contributed by atoms with Gasteiger partial charge in [-0.3, -0.25) is 0 Å². The number of nitrogens with zero attached hydrogens (tertiary/aromatic N) is 3. The van der Waals surface area contributed by atoms with Crippen LogP contribution in [0.25, 0.3) is 0 Å². The lowest BCUT2D eigenvalue weighted by Gasteiger charge is -2.28. The third-order valence-electron chi connectivity index (χ3n) is 2.94. The molecule has 0 saturated carbocycles. The van der Waals surface area contributed by atoms with Crippen molar-refractivity contribution in [1.82, 2.24) is 29.9 Å². The predicted molar refractivity (Wildman–Crippen MR) is 84.4 cm³/mol. The smallest absolute Gasteiger partial charge is 0.191 e. The predicted octanol–water partition coefficient (Wildman–Crippen LogP) is 2.06. The first-order valence-electron chi connectivity index (χ1n) is 5.39. The second-order valence-corrected chi connectivity index (χ2v) is 3.78. The third-order valence-corrected chi connectivity index (χ3v) is 2.94. The second kappa shape index (κ2) is 8.04. The Labute approximate surface area is 139 Å². The molecule has 3 heterocycles. The van der Waals surface area contributed by atoms with Crippen LogP contribution in [-0.4, -0.2) is 37.0 Å². The van der Waals surface area contributed by atoms with Gasteiger partial charge in [0.05, 0.1) is 54.7 Å². The van der Waals surface area contributed by atoms with Crippen molar-refractivity contribution in [3.63, 3.8) is 0 Å². The van der Waals surface area contributed by atoms with Gasteiger partial charge < -0.3 is 19.7 Å². The minimum Gasteiger partial charge on any atom is -0.359 e. The highest BCUT2D eigenvalue weighted by molar-refractivity contribution is 5.86. The van der Waals surface area contributed by atoms with Crippen molar-refractivity contribution in [2.45, 2.75) is 5.60 Å². The van der Waals surface area contributed by atoms with E-state index in [2.05, 4.69) is 29.9 Å². The molecule has 116 valence electrons. The van der Waals surface area contributed by atoms with E-state index >= 15 is 0 Å². The molecule has 0 unspecified atom stereocenters. The standard InChI is InChI=1S/C11H12N6O.3ClH/c1-18-11(8-2-12-5-15-8,9-3-13-6-16-9)10-4-14-7-17-10;;;/h2-7H,1H3,(H,12,15)(H,13,16)(H,14,17);3*1H. The average molecular weight is 354 g/mol. The molecule has 0 spiro atoms. The van der Waals surface area contributed by atoms with Crippen molar-refractivity contribution in [2.75, 3.05) is 7.11 Å². The second-order valence-electron chi connectivity index (χ2n) is 3.78. The van der Waals surface area contributed by atoms with Crippen molar-refractivity contribution in [3.05, 3.63) is 54.7 Å². The molecule has 0 aliphatic carbocycles. The maximum Gasteiger partial charge on any atom is 0.191 e. The lowest BCUT2D eigenvalue weighted by Crippen LogP contribution is -2.33. The molecule has 0 saturated heterocycles. The number of halogens is 3. The van der Waals surface area contributed by atoms with Crippen molar-refractivity contribution in [3.8, 4) is 0 Å². The van der Waals surface area contributed by atoms with Crippen molar-refractivity contribution < 1.29 is 4.74 Å². The molecule has 0 aliphatic heterocycles. The summed E-state index contributed by atoms with van der Waals surface area (Å²) in [5.74, 6) is 0. The van der Waals surface area contributed by atoms with Crippen LogP contribution >= 0.6 is 37.2 Å². The molecule has 0 radical (unpaired) electrons. The number of rotatable bonds is 4. The summed E-state index contributed by atoms with van der Waals surface area (Å²) in [6.07, 6.45) is 9.96. The highest BCUT2D eigenvalue weighted by atomic mass is 35.5. The summed E-state index contributed by atoms with van der Waals surface area (Å²) >= 11 is 0. The summed E-state index contributed by atoms with van der Waals surface area (Å²) in [6.45, 7) is 0. The number of H-pyrrole nitrogens is 3. The Morgan fingerprint density at radius 1 is 0.762 bits per heavy atom. The molecule has 0 aliphatic rings. The Morgan fingerprint density at radius 2 is 1.10 bits per heavy atom. The Bertz CT molecular complexity index is 512. The van der Waals surface area contributed by atoms with Gasteiger partial charge in [-0.2, -0.15) is 0 Å². The van der Waals surface area contributed by atoms with Crippen LogP contribution in [-0.2, 0) is 10.3 Å². The minimum atomic E-state index is -0.844. The SMILES string of the molecule is COC(c1cnc[nH]1)(c1cnc[nH]1)c1cnc[nH]1.Cl.Cl.Cl. The van der Waals surface area contributed by atoms with Gasteiger partial charge in [-0.05, 0) is 0 Å². The molecule has 3 aromatic rings. The van der Waals surface area contributed by atoms with E-state index in [1.54, 1.807) is 44.7 Å². The fraction of sp³-hybridized carbons (Fsp3) is 0.182. The number of hydrogen-bond donors (Lipinski definition) is 3. The zero-order chi connectivity index (χ0) is 12.4. The van der Waals surface area contributed by atoms with Crippen molar-refractivity contribution >= 4 is 37.2 Å². The Hall–Kier alpha value is -1.54. The minimum absolute atomic E-state index is 0. The van der Waals surface area contributed by atoms with Gasteiger partial charge in [-0.1, -0.05) is 0 Å². The van der Waals surface area contributed by atoms with E-state index in [0.29, 0.717) is 0 Å². The molecule has 0 aromatic carbocycles. The van der Waals surface area contributed by atoms with Crippen LogP contribution in [0.1, 0.15) is 17.1 Å². The molecule has 3 rings (SSSR count). The molecular formula is C11H15Cl3N6O. The average Bonchev–Trinajstić information content (AvgIpc) is 3.16. The van der Waals surface area contributed by atoms with Gasteiger partial charge in [0.15, 0.2) is 5.60 Å². The summed E-state index contributed by atoms with van der Waals surface area (Å²) < 4.78 is 5.76. The van der Waals surface area contributed by atoms with Crippen LogP contribution in [0.5, 0.6) is 0 Å². The van der Waals surface area contributed by atoms with E-state index in [1.165, 1.54) is 0 Å². The van der Waals surface area contributed by atoms with Gasteiger partial charge >= 0.3 is 0 Å². The summed E-state index contributed by atoms with van der Waals surface area (Å²) in [5.41, 5.74) is 1.53. The fourth-order valence-corrected chi connectivity index (χ4v) is 2.11. The van der Waals surface area contributed by atoms with E-state index in [-0.39, 0.29) is 37.2 Å². The van der Waals surface area contributed by atoms with E-state index < -0.39 is 5.60 Å². The van der Waals surface area contributed by atoms with E-state index in [9.17, 15) is 0 Å². The maximum absolute atomic E-state index is 5.76. The van der Waals surface area contributed by atoms with Crippen LogP contribution < -0.4 is 0 Å². The molecule has 10 heteroatoms. The molecule has 0 fully saturated rings. The molecule has 0 amide bonds. The normalized spacial score (nSPS) is 10.1. The summed E-state index contributed by atoms with van der Waals surface area (Å²) in [4.78, 5) is 21.4. The van der Waals surface area contributed by atoms with Gasteiger partial charge in [-0.25, -0.2) is 15.0 Å². The number of aromatic amines is 3. The lowest BCUT2D eigenvalue weighted by molar-refractivity contribution is 0.0485. The topological polar surface area (TPSA) is 95.3 Å². The number of hydrogen-bond acceptors (Lipinski definition) is 4. The first-order chi connectivity index (χ1) is 8.88. The molecule has 7 nitrogen and oxygen atoms in total. The van der Waals surface area contributed by atoms with E-state index in [1.807, 2.05) is 0 Å². The van der Waals surface area contributed by atoms with Crippen LogP contribution in [0.15, 0.2) is 37.6 Å². The fourth-order valence-electron chi connectivity index (χ4n) is 2.11. The Balaban J connectivity index is 0.00000133. The lowest BCUT2D eigenvalue weighted by atomic mass is 9.93. The molecule has 0 atom stereocenters. The zero-order valence-electron chi connectivity index (χ0n) is 10.9. The van der Waals surface area contributed by atoms with Gasteiger partial charge in [0.1, 0.15) is 0 Å². The Morgan fingerprint density at radius 3 is 1.29 bits per heavy atom. The number of methoxy groups -OCH3 is 1. The monoisotopic (exact) mass is 352 g/mol. The summed E-state index contributed by atoms with van der Waals surface area (Å²) in [5, 5.41) is 0. The summed E-state index contributed by atoms with van der Waals surface area (Å²) in [7, 11) is 1.63. The highest BCUT2D eigenvalue weighted by Gasteiger charge is 2.40. The number of ether oxygens (including phenoxy) is 1. The maximum atomic E-state index is 5.76. The molecule has 21 heavy (non-hydrogen) atoms. The van der Waals surface area contributed by atoms with Crippen LogP contribution in [0.3, 0.4) is 0 Å². The number of imidazole rings is 3. The molecule has 3 aromatic heterocycles. The highest BCUT2D eigenvalue weighted by Crippen LogP contribution is 2.35. The van der Waals surface area contributed by atoms with Crippen LogP contribution in [0, 0.1) is 0 Å². The zero-order valence-corrected chi connectivity index (χ0v) is 13.4. The van der Waals surface area contributed by atoms with Gasteiger partial charge in [0.2, 0.25) is 0 Å². The van der Waals surface area contributed by atoms with Crippen molar-refractivity contribution in [1.29, 1.82) is 0 Å². The van der Waals surface area contributed by atoms with E-state index in [0.717, 1.165) is 17.1 Å². The summed E-state index contributed by atoms with van der Waals surface area (Å²) in [6, 6.07) is 0. The molecular weight excluding hydrogens is 339 g/mol. The largest absolute Gasteiger partial charge is 0.359 e. The number of nitrogens with one attached hydrogen (secondary N) is 3. The van der Waals surface area contributed by atoms with Crippen molar-refractivity contribution in [2.24, 2.45) is 0 Å². The number of aromatic nitrogens is 6. The quantitative estimate of drug-likeness (QED) is 0.669. The third kappa shape index (κ3) is 3.06. The molecule has 0 bridgehead atoms. The van der Waals surface area contributed by atoms with Crippen LogP contribution in [0.4, 0.5) is 0 Å². The Kier molecular flexibility index (Phi) is 7.45. The van der Waals surface area contributed by atoms with Crippen LogP contribution in [0.2, 0.25) is 0 Å². The first-order valence-corrected chi connectivity index (χ1v) is 5.39. The van der Waals surface area contributed by atoms with Gasteiger partial charge in [-0.15, -0.1) is 37.2 Å². The first kappa shape index (κ1) is 19.5. The van der Waals surface area contributed by atoms with Gasteiger partial charge in [0.25, 0.3) is 0 Å². The molecule has 3 N–H and O–H groups in total.